The van der Waals surface area contributed by atoms with E-state index >= 15 is 0 Å². The molecule has 2 aromatic rings. The molecule has 0 amide bonds. The van der Waals surface area contributed by atoms with Crippen LogP contribution < -0.4 is 0 Å². The van der Waals surface area contributed by atoms with Crippen LogP contribution >= 0.6 is 47.8 Å². The number of sulfonamides is 2. The van der Waals surface area contributed by atoms with Crippen molar-refractivity contribution >= 4 is 79.8 Å². The minimum atomic E-state index is -3.63. The van der Waals surface area contributed by atoms with Crippen molar-refractivity contribution in [2.24, 2.45) is 0 Å². The van der Waals surface area contributed by atoms with E-state index in [-0.39, 0.29) is 48.1 Å². The molecule has 0 aliphatic rings. The average molecular weight is 898 g/mol. The number of aliphatic carboxylic acids is 1. The number of hydrogen-bond donors (Lipinski definition) is 2. The molecule has 2 N–H and O–H groups in total. The molecule has 0 spiro atoms. The van der Waals surface area contributed by atoms with Crippen LogP contribution in [-0.2, 0) is 39.1 Å². The van der Waals surface area contributed by atoms with Gasteiger partial charge in [0.25, 0.3) is 0 Å². The fourth-order valence-electron chi connectivity index (χ4n) is 4.02. The molecule has 0 aliphatic carbocycles. The summed E-state index contributed by atoms with van der Waals surface area (Å²) >= 11 is 9.66. The molecule has 268 valence electrons. The number of carbonyl (C=O) groups excluding carboxylic acids is 1. The van der Waals surface area contributed by atoms with Crippen LogP contribution in [0.2, 0.25) is 0 Å². The van der Waals surface area contributed by atoms with Gasteiger partial charge in [-0.2, -0.15) is 8.61 Å². The number of rotatable bonds is 12. The van der Waals surface area contributed by atoms with E-state index in [0.29, 0.717) is 27.1 Å². The minimum absolute atomic E-state index is 0.0245. The fourth-order valence-corrected chi connectivity index (χ4v) is 8.63. The van der Waals surface area contributed by atoms with Crippen LogP contribution in [0.15, 0.2) is 43.0 Å². The molecule has 0 heterocycles. The molecule has 0 atom stereocenters. The Bertz CT molecular complexity index is 1530. The highest BCUT2D eigenvalue weighted by molar-refractivity contribution is 9.10. The number of benzene rings is 2. The molecule has 0 fully saturated rings. The standard InChI is InChI=1S/C13H18BrNO5S.C11H16BrNO3S.C6H11BrO2/c1-9-6-11(14)7-10(2)13(9)21(18,19)15(3)4-5-20-8-12(16)17;1-8-6-10(12)7-9(2)11(8)17(15,16)13(3)4-5-14;1-6(2,3)9-5(8)4-7/h6-7H,4-5,8H2,1-3H3,(H,16,17);6-7,14H,4-5H2,1-3H3;4H2,1-3H3. The zero-order valence-electron chi connectivity index (χ0n) is 28.1. The molecular weight excluding hydrogens is 852 g/mol. The number of aliphatic hydroxyl groups excluding tert-OH is 1. The van der Waals surface area contributed by atoms with Crippen molar-refractivity contribution in [2.75, 3.05) is 52.3 Å². The van der Waals surface area contributed by atoms with Gasteiger partial charge in [0.1, 0.15) is 17.5 Å². The predicted molar refractivity (Wildman–Crippen MR) is 192 cm³/mol. The minimum Gasteiger partial charge on any atom is -0.480 e. The Morgan fingerprint density at radius 2 is 1.15 bits per heavy atom. The first-order chi connectivity index (χ1) is 21.4. The zero-order valence-corrected chi connectivity index (χ0v) is 34.4. The van der Waals surface area contributed by atoms with Gasteiger partial charge in [0.05, 0.1) is 23.0 Å². The van der Waals surface area contributed by atoms with Gasteiger partial charge >= 0.3 is 11.9 Å². The summed E-state index contributed by atoms with van der Waals surface area (Å²) in [6, 6.07) is 7.03. The van der Waals surface area contributed by atoms with Gasteiger partial charge in [-0.15, -0.1) is 0 Å². The Kier molecular flexibility index (Phi) is 19.7. The lowest BCUT2D eigenvalue weighted by molar-refractivity contribution is -0.151. The number of nitrogens with zero attached hydrogens (tertiary/aromatic N) is 2. The lowest BCUT2D eigenvalue weighted by Crippen LogP contribution is -2.31. The second kappa shape index (κ2) is 20.3. The summed E-state index contributed by atoms with van der Waals surface area (Å²) in [5.41, 5.74) is 2.34. The van der Waals surface area contributed by atoms with E-state index in [2.05, 4.69) is 47.8 Å². The number of likely N-dealkylation sites (N-methyl/N-ethyl adjacent to an activating group) is 2. The molecule has 0 saturated heterocycles. The Hall–Kier alpha value is -1.44. The highest BCUT2D eigenvalue weighted by atomic mass is 79.9. The SMILES string of the molecule is CC(C)(C)OC(=O)CBr.Cc1cc(Br)cc(C)c1S(=O)(=O)N(C)CCO.Cc1cc(Br)cc(C)c1S(=O)(=O)N(C)CCOCC(=O)O. The van der Waals surface area contributed by atoms with Gasteiger partial charge in [-0.3, -0.25) is 4.79 Å². The molecule has 0 unspecified atom stereocenters. The Morgan fingerprint density at radius 1 is 0.787 bits per heavy atom. The smallest absolute Gasteiger partial charge is 0.329 e. The van der Waals surface area contributed by atoms with Crippen LogP contribution in [-0.4, -0.2) is 106 Å². The molecule has 17 heteroatoms. The van der Waals surface area contributed by atoms with Gasteiger partial charge in [-0.05, 0) is 95.0 Å². The topological polar surface area (TPSA) is 168 Å². The largest absolute Gasteiger partial charge is 0.480 e. The van der Waals surface area contributed by atoms with Crippen LogP contribution in [0, 0.1) is 27.7 Å². The van der Waals surface area contributed by atoms with Gasteiger partial charge in [0.2, 0.25) is 20.0 Å². The second-order valence-corrected chi connectivity index (χ2v) is 17.6. The van der Waals surface area contributed by atoms with E-state index < -0.39 is 32.6 Å². The summed E-state index contributed by atoms with van der Waals surface area (Å²) in [5.74, 6) is -1.30. The van der Waals surface area contributed by atoms with Crippen molar-refractivity contribution < 1.29 is 46.1 Å². The Labute approximate surface area is 304 Å². The fraction of sp³-hybridized carbons (Fsp3) is 0.533. The van der Waals surface area contributed by atoms with E-state index in [1.807, 2.05) is 20.8 Å². The molecule has 0 bridgehead atoms. The maximum absolute atomic E-state index is 12.6. The predicted octanol–water partition coefficient (Wildman–Crippen LogP) is 5.19. The number of ether oxygens (including phenoxy) is 2. The van der Waals surface area contributed by atoms with E-state index in [1.165, 1.54) is 14.1 Å². The van der Waals surface area contributed by atoms with E-state index in [9.17, 15) is 26.4 Å². The van der Waals surface area contributed by atoms with Crippen molar-refractivity contribution in [1.82, 2.24) is 8.61 Å². The number of esters is 1. The van der Waals surface area contributed by atoms with E-state index in [4.69, 9.17) is 19.7 Å². The summed E-state index contributed by atoms with van der Waals surface area (Å²) < 4.78 is 63.4. The van der Waals surface area contributed by atoms with Crippen molar-refractivity contribution in [3.8, 4) is 0 Å². The quantitative estimate of drug-likeness (QED) is 0.165. The van der Waals surface area contributed by atoms with Gasteiger partial charge in [-0.1, -0.05) is 47.8 Å². The summed E-state index contributed by atoms with van der Waals surface area (Å²) in [4.78, 5) is 21.5. The lowest BCUT2D eigenvalue weighted by Gasteiger charge is -2.20. The third kappa shape index (κ3) is 15.8. The lowest BCUT2D eigenvalue weighted by atomic mass is 10.2. The number of carboxylic acids is 1. The van der Waals surface area contributed by atoms with Crippen molar-refractivity contribution in [3.63, 3.8) is 0 Å². The summed E-state index contributed by atoms with van der Waals surface area (Å²) in [6.45, 7) is 12.1. The summed E-state index contributed by atoms with van der Waals surface area (Å²) in [7, 11) is -4.25. The number of aliphatic hydroxyl groups is 1. The number of halogens is 3. The number of carbonyl (C=O) groups is 2. The van der Waals surface area contributed by atoms with Crippen LogP contribution in [0.3, 0.4) is 0 Å². The Balaban J connectivity index is 0.000000729. The maximum atomic E-state index is 12.6. The van der Waals surface area contributed by atoms with Crippen LogP contribution in [0.5, 0.6) is 0 Å². The highest BCUT2D eigenvalue weighted by Gasteiger charge is 2.26. The molecule has 0 radical (unpaired) electrons. The van der Waals surface area contributed by atoms with Crippen molar-refractivity contribution in [3.05, 3.63) is 55.5 Å². The van der Waals surface area contributed by atoms with Gasteiger partial charge in [-0.25, -0.2) is 21.6 Å². The van der Waals surface area contributed by atoms with Crippen molar-refractivity contribution in [1.29, 1.82) is 0 Å². The van der Waals surface area contributed by atoms with Gasteiger partial charge in [0.15, 0.2) is 0 Å². The summed E-state index contributed by atoms with van der Waals surface area (Å²) in [5, 5.41) is 17.5. The average Bonchev–Trinajstić information content (AvgIpc) is 2.89. The Morgan fingerprint density at radius 3 is 1.43 bits per heavy atom. The van der Waals surface area contributed by atoms with Crippen LogP contribution in [0.4, 0.5) is 0 Å². The maximum Gasteiger partial charge on any atom is 0.329 e. The molecule has 0 aliphatic heterocycles. The number of aryl methyl sites for hydroxylation is 4. The van der Waals surface area contributed by atoms with Gasteiger partial charge in [0, 0.05) is 36.1 Å². The zero-order chi connectivity index (χ0) is 36.9. The molecule has 0 saturated carbocycles. The number of carboxylic acid groups (broad SMARTS) is 1. The second-order valence-electron chi connectivity index (χ2n) is 11.3. The number of hydrogen-bond acceptors (Lipinski definition) is 9. The molecule has 12 nitrogen and oxygen atoms in total. The third-order valence-electron chi connectivity index (χ3n) is 5.91. The van der Waals surface area contributed by atoms with E-state index in [0.717, 1.165) is 17.6 Å². The molecular formula is C30H45Br3N2O10S2. The first-order valence-electron chi connectivity index (χ1n) is 14.1. The monoisotopic (exact) mass is 894 g/mol. The molecule has 2 rings (SSSR count). The molecule has 0 aromatic heterocycles. The van der Waals surface area contributed by atoms with Gasteiger partial charge < -0.3 is 19.7 Å². The number of alkyl halides is 1. The van der Waals surface area contributed by atoms with Crippen LogP contribution in [0.1, 0.15) is 43.0 Å². The molecule has 47 heavy (non-hydrogen) atoms. The van der Waals surface area contributed by atoms with E-state index in [1.54, 1.807) is 52.0 Å². The van der Waals surface area contributed by atoms with Crippen LogP contribution in [0.25, 0.3) is 0 Å². The normalized spacial score (nSPS) is 11.8. The first-order valence-corrected chi connectivity index (χ1v) is 19.6. The van der Waals surface area contributed by atoms with Crippen molar-refractivity contribution in [2.45, 2.75) is 63.9 Å². The third-order valence-corrected chi connectivity index (χ3v) is 11.6. The summed E-state index contributed by atoms with van der Waals surface area (Å²) in [6.07, 6.45) is 0. The molecule has 2 aromatic carbocycles. The highest BCUT2D eigenvalue weighted by Crippen LogP contribution is 2.28. The first kappa shape index (κ1) is 45.6.